The van der Waals surface area contributed by atoms with E-state index in [-0.39, 0.29) is 5.91 Å². The molecule has 0 aliphatic rings. The fourth-order valence-corrected chi connectivity index (χ4v) is 2.77. The quantitative estimate of drug-likeness (QED) is 0.709. The average molecular weight is 299 g/mol. The van der Waals surface area contributed by atoms with E-state index in [9.17, 15) is 4.79 Å². The lowest BCUT2D eigenvalue weighted by atomic mass is 10.0. The molecular formula is C14H13N5OS. The SMILES string of the molecule is Cc1nnc(NC(=O)c2ncc(C)c3c(N)cccc23)s1. The van der Waals surface area contributed by atoms with Crippen molar-refractivity contribution in [1.82, 2.24) is 15.2 Å². The number of benzene rings is 1. The van der Waals surface area contributed by atoms with E-state index in [4.69, 9.17) is 5.73 Å². The molecule has 0 saturated carbocycles. The van der Waals surface area contributed by atoms with Gasteiger partial charge in [0.1, 0.15) is 10.7 Å². The van der Waals surface area contributed by atoms with Crippen molar-refractivity contribution in [2.45, 2.75) is 13.8 Å². The van der Waals surface area contributed by atoms with Gasteiger partial charge in [-0.25, -0.2) is 0 Å². The Balaban J connectivity index is 2.06. The normalized spacial score (nSPS) is 10.8. The van der Waals surface area contributed by atoms with Crippen LogP contribution in [0.15, 0.2) is 24.4 Å². The molecule has 2 heterocycles. The second-order valence-electron chi connectivity index (χ2n) is 4.64. The number of amides is 1. The lowest BCUT2D eigenvalue weighted by Crippen LogP contribution is -2.14. The van der Waals surface area contributed by atoms with Crippen molar-refractivity contribution in [2.24, 2.45) is 0 Å². The lowest BCUT2D eigenvalue weighted by Gasteiger charge is -2.09. The maximum atomic E-state index is 12.4. The molecule has 1 aromatic carbocycles. The standard InChI is InChI=1S/C14H13N5OS/c1-7-6-16-12(9-4-3-5-10(15)11(7)9)13(20)17-14-19-18-8(2)21-14/h3-6H,15H2,1-2H3,(H,17,19,20). The van der Waals surface area contributed by atoms with Crippen LogP contribution in [0.4, 0.5) is 10.8 Å². The summed E-state index contributed by atoms with van der Waals surface area (Å²) in [6.45, 7) is 3.75. The molecule has 21 heavy (non-hydrogen) atoms. The Hall–Kier alpha value is -2.54. The van der Waals surface area contributed by atoms with Crippen molar-refractivity contribution < 1.29 is 4.79 Å². The second-order valence-corrected chi connectivity index (χ2v) is 5.82. The number of carbonyl (C=O) groups excluding carboxylic acids is 1. The molecule has 3 rings (SSSR count). The molecule has 7 heteroatoms. The zero-order chi connectivity index (χ0) is 15.0. The summed E-state index contributed by atoms with van der Waals surface area (Å²) in [5.74, 6) is -0.318. The van der Waals surface area contributed by atoms with Crippen molar-refractivity contribution in [3.05, 3.63) is 40.7 Å². The smallest absolute Gasteiger partial charge is 0.276 e. The van der Waals surface area contributed by atoms with Gasteiger partial charge in [0.2, 0.25) is 5.13 Å². The molecule has 1 amide bonds. The highest BCUT2D eigenvalue weighted by Gasteiger charge is 2.16. The van der Waals surface area contributed by atoms with Gasteiger partial charge in [0, 0.05) is 22.7 Å². The molecule has 6 nitrogen and oxygen atoms in total. The van der Waals surface area contributed by atoms with Crippen LogP contribution in [0.3, 0.4) is 0 Å². The Kier molecular flexibility index (Phi) is 3.26. The number of pyridine rings is 1. The van der Waals surface area contributed by atoms with E-state index in [2.05, 4.69) is 20.5 Å². The van der Waals surface area contributed by atoms with Crippen LogP contribution in [0.25, 0.3) is 10.8 Å². The number of carbonyl (C=O) groups is 1. The first-order valence-corrected chi connectivity index (χ1v) is 7.13. The van der Waals surface area contributed by atoms with Gasteiger partial charge in [-0.1, -0.05) is 23.5 Å². The Morgan fingerprint density at radius 2 is 2.10 bits per heavy atom. The van der Waals surface area contributed by atoms with Crippen LogP contribution in [-0.4, -0.2) is 21.1 Å². The van der Waals surface area contributed by atoms with Crippen molar-refractivity contribution in [3.8, 4) is 0 Å². The minimum absolute atomic E-state index is 0.318. The van der Waals surface area contributed by atoms with Crippen LogP contribution in [0, 0.1) is 13.8 Å². The number of aryl methyl sites for hydroxylation is 2. The maximum absolute atomic E-state index is 12.4. The highest BCUT2D eigenvalue weighted by atomic mass is 32.1. The Morgan fingerprint density at radius 1 is 1.29 bits per heavy atom. The molecule has 0 spiro atoms. The van der Waals surface area contributed by atoms with Crippen LogP contribution >= 0.6 is 11.3 Å². The number of fused-ring (bicyclic) bond motifs is 1. The number of hydrogen-bond donors (Lipinski definition) is 2. The van der Waals surface area contributed by atoms with E-state index in [1.165, 1.54) is 11.3 Å². The number of nitrogens with one attached hydrogen (secondary N) is 1. The summed E-state index contributed by atoms with van der Waals surface area (Å²) in [7, 11) is 0. The zero-order valence-corrected chi connectivity index (χ0v) is 12.4. The molecule has 0 aliphatic carbocycles. The van der Waals surface area contributed by atoms with Gasteiger partial charge >= 0.3 is 0 Å². The monoisotopic (exact) mass is 299 g/mol. The van der Waals surface area contributed by atoms with Crippen molar-refractivity contribution in [1.29, 1.82) is 0 Å². The van der Waals surface area contributed by atoms with Crippen molar-refractivity contribution >= 4 is 38.8 Å². The van der Waals surface area contributed by atoms with E-state index in [1.807, 2.05) is 32.0 Å². The number of nitrogens with two attached hydrogens (primary N) is 1. The van der Waals surface area contributed by atoms with Crippen LogP contribution in [0.2, 0.25) is 0 Å². The molecule has 0 atom stereocenters. The summed E-state index contributed by atoms with van der Waals surface area (Å²) >= 11 is 1.32. The third-order valence-corrected chi connectivity index (χ3v) is 3.85. The largest absolute Gasteiger partial charge is 0.398 e. The van der Waals surface area contributed by atoms with E-state index in [0.717, 1.165) is 21.3 Å². The van der Waals surface area contributed by atoms with Gasteiger partial charge in [-0.2, -0.15) is 0 Å². The molecular weight excluding hydrogens is 286 g/mol. The summed E-state index contributed by atoms with van der Waals surface area (Å²) in [6.07, 6.45) is 1.65. The second kappa shape index (κ2) is 5.10. The zero-order valence-electron chi connectivity index (χ0n) is 11.5. The molecule has 3 N–H and O–H groups in total. The van der Waals surface area contributed by atoms with Gasteiger partial charge in [0.05, 0.1) is 0 Å². The number of nitrogens with zero attached hydrogens (tertiary/aromatic N) is 3. The third-order valence-electron chi connectivity index (χ3n) is 3.10. The number of nitrogen functional groups attached to an aromatic ring is 1. The molecule has 106 valence electrons. The molecule has 0 aliphatic heterocycles. The Morgan fingerprint density at radius 3 is 2.81 bits per heavy atom. The molecule has 3 aromatic rings. The van der Waals surface area contributed by atoms with Crippen LogP contribution in [0.1, 0.15) is 21.1 Å². The van der Waals surface area contributed by atoms with E-state index in [0.29, 0.717) is 16.5 Å². The van der Waals surface area contributed by atoms with Crippen LogP contribution in [0.5, 0.6) is 0 Å². The van der Waals surface area contributed by atoms with Crippen LogP contribution in [-0.2, 0) is 0 Å². The first-order valence-electron chi connectivity index (χ1n) is 6.31. The third kappa shape index (κ3) is 2.43. The van der Waals surface area contributed by atoms with Crippen molar-refractivity contribution in [2.75, 3.05) is 11.1 Å². The summed E-state index contributed by atoms with van der Waals surface area (Å²) in [5, 5.41) is 13.3. The number of hydrogen-bond acceptors (Lipinski definition) is 6. The number of rotatable bonds is 2. The minimum Gasteiger partial charge on any atom is -0.398 e. The first-order chi connectivity index (χ1) is 10.1. The summed E-state index contributed by atoms with van der Waals surface area (Å²) < 4.78 is 0. The predicted molar refractivity (Wildman–Crippen MR) is 83.5 cm³/mol. The molecule has 0 radical (unpaired) electrons. The van der Waals surface area contributed by atoms with E-state index >= 15 is 0 Å². The van der Waals surface area contributed by atoms with Gasteiger partial charge in [-0.15, -0.1) is 10.2 Å². The molecule has 0 fully saturated rings. The fourth-order valence-electron chi connectivity index (χ4n) is 2.19. The first kappa shape index (κ1) is 13.4. The highest BCUT2D eigenvalue weighted by Crippen LogP contribution is 2.26. The molecule has 0 saturated heterocycles. The molecule has 0 unspecified atom stereocenters. The van der Waals surface area contributed by atoms with E-state index in [1.54, 1.807) is 6.20 Å². The summed E-state index contributed by atoms with van der Waals surface area (Å²) in [4.78, 5) is 16.6. The average Bonchev–Trinajstić information content (AvgIpc) is 2.84. The number of aromatic nitrogens is 3. The highest BCUT2D eigenvalue weighted by molar-refractivity contribution is 7.15. The van der Waals surface area contributed by atoms with Crippen molar-refractivity contribution in [3.63, 3.8) is 0 Å². The Bertz CT molecular complexity index is 834. The molecule has 0 bridgehead atoms. The fraction of sp³-hybridized carbons (Fsp3) is 0.143. The summed E-state index contributed by atoms with van der Waals surface area (Å²) in [6, 6.07) is 5.46. The van der Waals surface area contributed by atoms with E-state index < -0.39 is 0 Å². The maximum Gasteiger partial charge on any atom is 0.276 e. The van der Waals surface area contributed by atoms with Gasteiger partial charge < -0.3 is 5.73 Å². The number of anilines is 2. The predicted octanol–water partition coefficient (Wildman–Crippen LogP) is 2.54. The Labute approximate surface area is 125 Å². The van der Waals surface area contributed by atoms with Gasteiger partial charge in [0.15, 0.2) is 0 Å². The van der Waals surface area contributed by atoms with Crippen LogP contribution < -0.4 is 11.1 Å². The summed E-state index contributed by atoms with van der Waals surface area (Å²) in [5.41, 5.74) is 7.90. The van der Waals surface area contributed by atoms with Gasteiger partial charge in [0.25, 0.3) is 5.91 Å². The minimum atomic E-state index is -0.318. The van der Waals surface area contributed by atoms with Gasteiger partial charge in [-0.3, -0.25) is 15.1 Å². The lowest BCUT2D eigenvalue weighted by molar-refractivity contribution is 0.102. The van der Waals surface area contributed by atoms with Gasteiger partial charge in [-0.05, 0) is 25.5 Å². The topological polar surface area (TPSA) is 93.8 Å². The molecule has 2 aromatic heterocycles.